The minimum atomic E-state index is -1.88. The molecule has 1 fully saturated rings. The first-order valence-electron chi connectivity index (χ1n) is 35.7. The van der Waals surface area contributed by atoms with Gasteiger partial charge in [-0.1, -0.05) is 142 Å². The van der Waals surface area contributed by atoms with Gasteiger partial charge in [-0.3, -0.25) is 57.5 Å². The van der Waals surface area contributed by atoms with Crippen LogP contribution in [0.25, 0.3) is 21.8 Å². The number of aromatic amines is 2. The van der Waals surface area contributed by atoms with Crippen LogP contribution in [0.3, 0.4) is 0 Å². The van der Waals surface area contributed by atoms with Gasteiger partial charge >= 0.3 is 5.97 Å². The van der Waals surface area contributed by atoms with Gasteiger partial charge in [0, 0.05) is 60.0 Å². The van der Waals surface area contributed by atoms with Crippen molar-refractivity contribution in [3.05, 3.63) is 108 Å². The molecule has 12 amide bonds. The number of aliphatic hydroxyl groups is 1. The van der Waals surface area contributed by atoms with Crippen LogP contribution in [-0.4, -0.2) is 183 Å². The molecular weight excluding hydrogens is 1340 g/mol. The fourth-order valence-corrected chi connectivity index (χ4v) is 12.1. The highest BCUT2D eigenvalue weighted by atomic mass is 16.4. The van der Waals surface area contributed by atoms with Crippen LogP contribution in [0.5, 0.6) is 0 Å². The summed E-state index contributed by atoms with van der Waals surface area (Å²) >= 11 is 0. The number of aliphatic hydroxyl groups excluding tert-OH is 1. The number of benzene rings is 3. The van der Waals surface area contributed by atoms with E-state index in [4.69, 9.17) is 5.73 Å². The largest absolute Gasteiger partial charge is 0.480 e. The third-order valence-corrected chi connectivity index (χ3v) is 18.2. The molecule has 1 aliphatic rings. The second kappa shape index (κ2) is 40.0. The highest BCUT2D eigenvalue weighted by molar-refractivity contribution is 6.01. The fourth-order valence-electron chi connectivity index (χ4n) is 12.1. The summed E-state index contributed by atoms with van der Waals surface area (Å²) < 4.78 is 0. The van der Waals surface area contributed by atoms with E-state index in [1.54, 1.807) is 141 Å². The smallest absolute Gasteiger partial charge is 0.326 e. The van der Waals surface area contributed by atoms with E-state index in [1.807, 2.05) is 19.9 Å². The SMILES string of the molecule is CC[C@H](C)[C@@H]1NC(=O)[C@H](Cc2c[nH]c3ccccc23)NC(=O)[C@H](Cc2c[nH]c3ccccc23)NC(=O)[C@@H](NC(=O)[C@H](CO)NC(=O)[C@H](Cc2ccccc2)NC(=O)[C@@H](NC(=O)CNC(=O)[C@@H](N)CC(C)C)C(C)C)CC(=O)NCCCC[C@@H](C(=O)N[C@@H](CC(C)C)C(=O)N[C@H](C(=O)O)C(C)C)NC1=O. The van der Waals surface area contributed by atoms with Crippen molar-refractivity contribution in [2.24, 2.45) is 35.3 Å². The third kappa shape index (κ3) is 24.8. The Morgan fingerprint density at radius 1 is 0.567 bits per heavy atom. The van der Waals surface area contributed by atoms with Crippen LogP contribution in [0.4, 0.5) is 0 Å². The summed E-state index contributed by atoms with van der Waals surface area (Å²) in [6.07, 6.45) is 2.72. The van der Waals surface area contributed by atoms with Crippen LogP contribution < -0.4 is 69.5 Å². The van der Waals surface area contributed by atoms with Gasteiger partial charge in [-0.15, -0.1) is 0 Å². The lowest BCUT2D eigenvalue weighted by molar-refractivity contribution is -0.143. The predicted octanol–water partition coefficient (Wildman–Crippen LogP) is 1.19. The van der Waals surface area contributed by atoms with Crippen molar-refractivity contribution in [2.45, 2.75) is 200 Å². The number of hydrogen-bond acceptors (Lipinski definition) is 15. The number of amides is 12. The Morgan fingerprint density at radius 3 is 1.67 bits per heavy atom. The lowest BCUT2D eigenvalue weighted by Crippen LogP contribution is -2.62. The predicted molar refractivity (Wildman–Crippen MR) is 389 cm³/mol. The van der Waals surface area contributed by atoms with Crippen LogP contribution in [-0.2, 0) is 81.6 Å². The standard InChI is InChI=1S/C74H105N15O15/c1-11-43(10)63-73(102)80-52(65(94)81-53(30-40(4)5)69(98)88-62(42(8)9)74(103)104)27-19-20-28-76-59(91)34-57(68(97)82-55(32-45-35-77-50-25-17-15-23-47(45)50)67(96)83-56(70(99)89-63)33-46-36-78-51-26-18-16-24-48(46)51)84-71(100)58(38-90)86-66(95)54(31-44-21-13-12-14-22-44)85-72(101)61(41(6)7)87-60(92)37-79-64(93)49(75)29-39(2)3/h12-18,21-26,35-36,39-43,49,52-58,61-63,77-78,90H,11,19-20,27-34,37-38,75H2,1-10H3,(H,76,91)(H,79,93)(H,80,102)(H,81,94)(H,82,97)(H,83,96)(H,84,100)(H,85,101)(H,86,95)(H,87,92)(H,88,98)(H,89,99)(H,103,104)/t43-,49-,52-,53-,54-,55-,56-,57-,58-,61-,62-,63-/m0/s1. The average Bonchev–Trinajstić information content (AvgIpc) is 1.64. The molecule has 1 saturated heterocycles. The fraction of sp³-hybridized carbons (Fsp3) is 0.527. The number of aliphatic carboxylic acids is 1. The molecule has 3 aromatic carbocycles. The Morgan fingerprint density at radius 2 is 1.12 bits per heavy atom. The van der Waals surface area contributed by atoms with Crippen molar-refractivity contribution in [3.63, 3.8) is 0 Å². The molecule has 566 valence electrons. The van der Waals surface area contributed by atoms with Gasteiger partial charge in [0.15, 0.2) is 0 Å². The monoisotopic (exact) mass is 1440 g/mol. The molecule has 30 heteroatoms. The number of fused-ring (bicyclic) bond motifs is 2. The Balaban J connectivity index is 1.36. The summed E-state index contributed by atoms with van der Waals surface area (Å²) in [4.78, 5) is 191. The van der Waals surface area contributed by atoms with Gasteiger partial charge in [0.25, 0.3) is 0 Å². The number of carbonyl (C=O) groups excluding carboxylic acids is 12. The molecule has 104 heavy (non-hydrogen) atoms. The van der Waals surface area contributed by atoms with Crippen LogP contribution in [0.1, 0.15) is 131 Å². The van der Waals surface area contributed by atoms with E-state index in [9.17, 15) is 58.2 Å². The maximum atomic E-state index is 15.4. The maximum absolute atomic E-state index is 15.4. The first-order valence-corrected chi connectivity index (χ1v) is 35.7. The van der Waals surface area contributed by atoms with E-state index in [1.165, 1.54) is 0 Å². The molecule has 2 aromatic heterocycles. The van der Waals surface area contributed by atoms with Crippen molar-refractivity contribution in [2.75, 3.05) is 19.7 Å². The highest BCUT2D eigenvalue weighted by Crippen LogP contribution is 2.23. The summed E-state index contributed by atoms with van der Waals surface area (Å²) in [7, 11) is 0. The number of aromatic nitrogens is 2. The number of nitrogens with one attached hydrogen (secondary N) is 14. The molecule has 18 N–H and O–H groups in total. The molecule has 0 spiro atoms. The summed E-state index contributed by atoms with van der Waals surface area (Å²) in [6.45, 7) is 15.6. The molecule has 12 atom stereocenters. The lowest BCUT2D eigenvalue weighted by Gasteiger charge is -2.30. The molecule has 3 heterocycles. The van der Waals surface area contributed by atoms with E-state index in [0.717, 1.165) is 0 Å². The summed E-state index contributed by atoms with van der Waals surface area (Å²) in [5.41, 5.74) is 8.99. The number of para-hydroxylation sites is 2. The van der Waals surface area contributed by atoms with Crippen molar-refractivity contribution >= 4 is 98.7 Å². The molecule has 0 saturated carbocycles. The zero-order valence-corrected chi connectivity index (χ0v) is 60.9. The number of rotatable bonds is 30. The van der Waals surface area contributed by atoms with Crippen LogP contribution in [0.2, 0.25) is 0 Å². The summed E-state index contributed by atoms with van der Waals surface area (Å²) in [6, 6.07) is 6.96. The number of carboxylic acid groups (broad SMARTS) is 1. The number of H-pyrrole nitrogens is 2. The van der Waals surface area contributed by atoms with Gasteiger partial charge in [0.1, 0.15) is 60.4 Å². The molecular formula is C74H105N15O15. The molecule has 0 unspecified atom stereocenters. The van der Waals surface area contributed by atoms with E-state index in [-0.39, 0.29) is 63.3 Å². The molecule has 5 aromatic rings. The Kier molecular flexibility index (Phi) is 31.8. The second-order valence-corrected chi connectivity index (χ2v) is 28.3. The Bertz CT molecular complexity index is 3800. The van der Waals surface area contributed by atoms with Crippen LogP contribution >= 0.6 is 0 Å². The van der Waals surface area contributed by atoms with Gasteiger partial charge in [-0.2, -0.15) is 0 Å². The molecule has 1 aliphatic heterocycles. The van der Waals surface area contributed by atoms with Crippen molar-refractivity contribution in [1.82, 2.24) is 73.8 Å². The number of hydrogen-bond donors (Lipinski definition) is 17. The minimum absolute atomic E-state index is 0.0689. The summed E-state index contributed by atoms with van der Waals surface area (Å²) in [5.74, 6) is -13.5. The maximum Gasteiger partial charge on any atom is 0.326 e. The van der Waals surface area contributed by atoms with Gasteiger partial charge in [0.2, 0.25) is 70.9 Å². The third-order valence-electron chi connectivity index (χ3n) is 18.2. The van der Waals surface area contributed by atoms with Gasteiger partial charge in [0.05, 0.1) is 25.6 Å². The second-order valence-electron chi connectivity index (χ2n) is 28.3. The number of carbonyl (C=O) groups is 13. The van der Waals surface area contributed by atoms with Gasteiger partial charge in [-0.05, 0) is 90.5 Å². The molecule has 6 rings (SSSR count). The molecule has 30 nitrogen and oxygen atoms in total. The van der Waals surface area contributed by atoms with Gasteiger partial charge < -0.3 is 89.7 Å². The Hall–Kier alpha value is -10.2. The number of carboxylic acids is 1. The normalized spacial score (nSPS) is 19.5. The zero-order chi connectivity index (χ0) is 76.5. The topological polar surface area (TPSA) is 464 Å². The van der Waals surface area contributed by atoms with Crippen molar-refractivity contribution in [1.29, 1.82) is 0 Å². The van der Waals surface area contributed by atoms with E-state index < -0.39 is 181 Å². The minimum Gasteiger partial charge on any atom is -0.480 e. The highest BCUT2D eigenvalue weighted by Gasteiger charge is 2.39. The zero-order valence-electron chi connectivity index (χ0n) is 60.9. The van der Waals surface area contributed by atoms with E-state index >= 15 is 14.4 Å². The first-order chi connectivity index (χ1) is 49.4. The molecule has 0 aliphatic carbocycles. The lowest BCUT2D eigenvalue weighted by atomic mass is 9.96. The quantitative estimate of drug-likeness (QED) is 0.0307. The summed E-state index contributed by atoms with van der Waals surface area (Å²) in [5, 5.41) is 54.1. The van der Waals surface area contributed by atoms with Crippen molar-refractivity contribution < 1.29 is 72.5 Å². The average molecular weight is 1440 g/mol. The molecule has 0 radical (unpaired) electrons. The number of nitrogens with two attached hydrogens (primary N) is 1. The van der Waals surface area contributed by atoms with Crippen LogP contribution in [0.15, 0.2) is 91.3 Å². The van der Waals surface area contributed by atoms with Crippen LogP contribution in [0, 0.1) is 29.6 Å². The van der Waals surface area contributed by atoms with E-state index in [0.29, 0.717) is 51.3 Å². The van der Waals surface area contributed by atoms with Crippen molar-refractivity contribution in [3.8, 4) is 0 Å². The van der Waals surface area contributed by atoms with E-state index in [2.05, 4.69) is 73.8 Å². The molecule has 0 bridgehead atoms. The first kappa shape index (κ1) is 82.7. The van der Waals surface area contributed by atoms with Gasteiger partial charge in [-0.25, -0.2) is 4.79 Å². The Labute approximate surface area is 605 Å².